The van der Waals surface area contributed by atoms with Crippen LogP contribution in [0, 0.1) is 0 Å². The summed E-state index contributed by atoms with van der Waals surface area (Å²) in [4.78, 5) is 15.7. The van der Waals surface area contributed by atoms with E-state index in [1.165, 1.54) is 21.9 Å². The summed E-state index contributed by atoms with van der Waals surface area (Å²) in [6.45, 7) is 0. The molecule has 0 bridgehead atoms. The highest BCUT2D eigenvalue weighted by molar-refractivity contribution is 6.10. The van der Waals surface area contributed by atoms with Gasteiger partial charge < -0.3 is 4.42 Å². The number of fused-ring (bicyclic) bond motifs is 5. The van der Waals surface area contributed by atoms with E-state index < -0.39 is 0 Å². The monoisotopic (exact) mass is 651 g/mol. The quantitative estimate of drug-likeness (QED) is 0.186. The molecule has 10 rings (SSSR count). The molecule has 0 unspecified atom stereocenters. The lowest BCUT2D eigenvalue weighted by Gasteiger charge is -2.15. The van der Waals surface area contributed by atoms with Gasteiger partial charge in [-0.05, 0) is 62.0 Å². The summed E-state index contributed by atoms with van der Waals surface area (Å²) >= 11 is 0. The van der Waals surface area contributed by atoms with Crippen molar-refractivity contribution < 1.29 is 4.42 Å². The van der Waals surface area contributed by atoms with Crippen molar-refractivity contribution in [3.8, 4) is 56.4 Å². The predicted molar refractivity (Wildman–Crippen MR) is 209 cm³/mol. The molecule has 8 aromatic carbocycles. The van der Waals surface area contributed by atoms with Crippen LogP contribution in [0.3, 0.4) is 0 Å². The second-order valence-corrected chi connectivity index (χ2v) is 12.7. The maximum Gasteiger partial charge on any atom is 0.167 e. The van der Waals surface area contributed by atoms with Gasteiger partial charge in [-0.3, -0.25) is 0 Å². The van der Waals surface area contributed by atoms with Crippen molar-refractivity contribution in [2.75, 3.05) is 0 Å². The Balaban J connectivity index is 1.24. The molecule has 4 nitrogen and oxygen atoms in total. The summed E-state index contributed by atoms with van der Waals surface area (Å²) < 4.78 is 6.49. The van der Waals surface area contributed by atoms with E-state index in [0.717, 1.165) is 60.5 Å². The molecule has 0 aliphatic heterocycles. The van der Waals surface area contributed by atoms with Crippen molar-refractivity contribution >= 4 is 43.5 Å². The molecule has 0 aliphatic rings. The normalized spacial score (nSPS) is 11.5. The van der Waals surface area contributed by atoms with Gasteiger partial charge in [-0.25, -0.2) is 15.0 Å². The molecular formula is C47H29N3O. The van der Waals surface area contributed by atoms with Gasteiger partial charge in [-0.2, -0.15) is 0 Å². The molecule has 0 N–H and O–H groups in total. The highest BCUT2D eigenvalue weighted by Crippen LogP contribution is 2.40. The summed E-state index contributed by atoms with van der Waals surface area (Å²) in [6.07, 6.45) is 0. The summed E-state index contributed by atoms with van der Waals surface area (Å²) in [5.74, 6) is 1.76. The van der Waals surface area contributed by atoms with Crippen molar-refractivity contribution in [2.45, 2.75) is 0 Å². The van der Waals surface area contributed by atoms with E-state index in [9.17, 15) is 0 Å². The Labute approximate surface area is 294 Å². The summed E-state index contributed by atoms with van der Waals surface area (Å²) in [7, 11) is 0. The minimum absolute atomic E-state index is 0.560. The average Bonchev–Trinajstić information content (AvgIpc) is 3.59. The van der Waals surface area contributed by atoms with Crippen molar-refractivity contribution in [1.29, 1.82) is 0 Å². The standard InChI is InChI=1S/C47H29N3O/c1-2-14-30(15-3-1)33-19-6-9-23-40(33)45-48-46(50-47(49-45)42-26-13-25-39-38-22-10-11-27-43(38)51-44(39)42)41-29-28-37(35-20-7-8-21-36(35)41)34-24-12-17-31-16-4-5-18-32(31)34/h1-29H. The molecule has 0 atom stereocenters. The van der Waals surface area contributed by atoms with Crippen molar-refractivity contribution in [1.82, 2.24) is 15.0 Å². The fourth-order valence-corrected chi connectivity index (χ4v) is 7.40. The van der Waals surface area contributed by atoms with E-state index in [-0.39, 0.29) is 0 Å². The number of aromatic nitrogens is 3. The Kier molecular flexibility index (Phi) is 6.78. The molecule has 0 spiro atoms. The third-order valence-corrected chi connectivity index (χ3v) is 9.78. The van der Waals surface area contributed by atoms with E-state index in [2.05, 4.69) is 140 Å². The number of rotatable bonds is 5. The van der Waals surface area contributed by atoms with Crippen LogP contribution in [0.1, 0.15) is 0 Å². The fourth-order valence-electron chi connectivity index (χ4n) is 7.40. The van der Waals surface area contributed by atoms with Crippen LogP contribution in [0.5, 0.6) is 0 Å². The Hall–Kier alpha value is -6.91. The molecule has 0 aliphatic carbocycles. The molecule has 51 heavy (non-hydrogen) atoms. The van der Waals surface area contributed by atoms with Crippen LogP contribution in [-0.4, -0.2) is 15.0 Å². The number of benzene rings is 8. The summed E-state index contributed by atoms with van der Waals surface area (Å²) in [6, 6.07) is 61.0. The SMILES string of the molecule is c1ccc(-c2ccccc2-c2nc(-c3ccc(-c4cccc5ccccc45)c4ccccc34)nc(-c3cccc4c3oc3ccccc34)n2)cc1. The Bertz CT molecular complexity index is 2920. The van der Waals surface area contributed by atoms with Crippen LogP contribution in [0.4, 0.5) is 0 Å². The molecule has 0 saturated carbocycles. The van der Waals surface area contributed by atoms with Gasteiger partial charge in [0.15, 0.2) is 17.5 Å². The van der Waals surface area contributed by atoms with Gasteiger partial charge in [0.2, 0.25) is 0 Å². The van der Waals surface area contributed by atoms with E-state index in [4.69, 9.17) is 19.4 Å². The molecule has 0 radical (unpaired) electrons. The van der Waals surface area contributed by atoms with Gasteiger partial charge >= 0.3 is 0 Å². The zero-order valence-corrected chi connectivity index (χ0v) is 27.5. The third kappa shape index (κ3) is 4.88. The molecule has 4 heteroatoms. The maximum absolute atomic E-state index is 6.49. The van der Waals surface area contributed by atoms with E-state index in [0.29, 0.717) is 17.5 Å². The first-order valence-electron chi connectivity index (χ1n) is 17.1. The Morgan fingerprint density at radius 1 is 0.294 bits per heavy atom. The third-order valence-electron chi connectivity index (χ3n) is 9.78. The average molecular weight is 652 g/mol. The molecule has 0 saturated heterocycles. The fraction of sp³-hybridized carbons (Fsp3) is 0. The Morgan fingerprint density at radius 2 is 0.784 bits per heavy atom. The van der Waals surface area contributed by atoms with Gasteiger partial charge in [-0.15, -0.1) is 0 Å². The number of nitrogens with zero attached hydrogens (tertiary/aromatic N) is 3. The highest BCUT2D eigenvalue weighted by atomic mass is 16.3. The van der Waals surface area contributed by atoms with Gasteiger partial charge in [0.05, 0.1) is 5.56 Å². The van der Waals surface area contributed by atoms with Gasteiger partial charge in [-0.1, -0.05) is 158 Å². The number of hydrogen-bond donors (Lipinski definition) is 0. The van der Waals surface area contributed by atoms with Gasteiger partial charge in [0.25, 0.3) is 0 Å². The largest absolute Gasteiger partial charge is 0.455 e. The molecule has 2 heterocycles. The van der Waals surface area contributed by atoms with Crippen LogP contribution in [-0.2, 0) is 0 Å². The highest BCUT2D eigenvalue weighted by Gasteiger charge is 2.21. The lowest BCUT2D eigenvalue weighted by Crippen LogP contribution is -2.02. The van der Waals surface area contributed by atoms with E-state index in [1.807, 2.05) is 36.4 Å². The maximum atomic E-state index is 6.49. The minimum atomic E-state index is 0.560. The Morgan fingerprint density at radius 3 is 1.61 bits per heavy atom. The second-order valence-electron chi connectivity index (χ2n) is 12.7. The lowest BCUT2D eigenvalue weighted by atomic mass is 9.92. The van der Waals surface area contributed by atoms with Crippen LogP contribution < -0.4 is 0 Å². The number of furan rings is 1. The van der Waals surface area contributed by atoms with Crippen LogP contribution in [0.15, 0.2) is 180 Å². The summed E-state index contributed by atoms with van der Waals surface area (Å²) in [5, 5.41) is 6.74. The number of hydrogen-bond acceptors (Lipinski definition) is 4. The van der Waals surface area contributed by atoms with Crippen molar-refractivity contribution in [3.05, 3.63) is 176 Å². The first kappa shape index (κ1) is 29.0. The van der Waals surface area contributed by atoms with Crippen LogP contribution in [0.2, 0.25) is 0 Å². The smallest absolute Gasteiger partial charge is 0.167 e. The molecule has 0 amide bonds. The first-order chi connectivity index (χ1) is 25.3. The molecular weight excluding hydrogens is 623 g/mol. The minimum Gasteiger partial charge on any atom is -0.455 e. The topological polar surface area (TPSA) is 51.8 Å². The molecule has 0 fully saturated rings. The van der Waals surface area contributed by atoms with Crippen LogP contribution >= 0.6 is 0 Å². The predicted octanol–water partition coefficient (Wildman–Crippen LogP) is 12.4. The zero-order valence-electron chi connectivity index (χ0n) is 27.5. The van der Waals surface area contributed by atoms with Gasteiger partial charge in [0.1, 0.15) is 11.2 Å². The molecule has 10 aromatic rings. The first-order valence-corrected chi connectivity index (χ1v) is 17.1. The lowest BCUT2D eigenvalue weighted by molar-refractivity contribution is 0.669. The van der Waals surface area contributed by atoms with Crippen molar-refractivity contribution in [2.24, 2.45) is 0 Å². The van der Waals surface area contributed by atoms with Crippen molar-refractivity contribution in [3.63, 3.8) is 0 Å². The van der Waals surface area contributed by atoms with E-state index in [1.54, 1.807) is 0 Å². The molecule has 2 aromatic heterocycles. The van der Waals surface area contributed by atoms with Crippen LogP contribution in [0.25, 0.3) is 99.9 Å². The second kappa shape index (κ2) is 11.9. The molecule has 238 valence electrons. The summed E-state index contributed by atoms with van der Waals surface area (Å²) in [5.41, 5.74) is 8.80. The van der Waals surface area contributed by atoms with Gasteiger partial charge in [0, 0.05) is 21.9 Å². The zero-order chi connectivity index (χ0) is 33.7. The number of para-hydroxylation sites is 2. The van der Waals surface area contributed by atoms with E-state index >= 15 is 0 Å².